The number of pyridine rings is 1. The van der Waals surface area contributed by atoms with Crippen LogP contribution >= 0.6 is 0 Å². The number of hydrogen-bond acceptors (Lipinski definition) is 4. The van der Waals surface area contributed by atoms with Crippen LogP contribution in [-0.2, 0) is 9.53 Å². The van der Waals surface area contributed by atoms with E-state index in [9.17, 15) is 4.79 Å². The van der Waals surface area contributed by atoms with E-state index >= 15 is 0 Å². The minimum absolute atomic E-state index is 0.0307. The lowest BCUT2D eigenvalue weighted by atomic mass is 10.1. The number of methoxy groups -OCH3 is 1. The van der Waals surface area contributed by atoms with Crippen LogP contribution in [0.15, 0.2) is 18.3 Å². The fourth-order valence-corrected chi connectivity index (χ4v) is 2.03. The van der Waals surface area contributed by atoms with Crippen LogP contribution in [0.25, 0.3) is 0 Å². The number of carbonyl (C=O) groups excluding carboxylic acids is 1. The molecule has 1 atom stereocenters. The van der Waals surface area contributed by atoms with Gasteiger partial charge in [-0.25, -0.2) is 4.98 Å². The van der Waals surface area contributed by atoms with Crippen molar-refractivity contribution in [1.29, 1.82) is 0 Å². The molecule has 1 aromatic rings. The van der Waals surface area contributed by atoms with Crippen LogP contribution in [0.1, 0.15) is 25.7 Å². The van der Waals surface area contributed by atoms with E-state index < -0.39 is 0 Å². The number of nitrogens with zero attached hydrogens (tertiary/aromatic N) is 1. The second-order valence-corrected chi connectivity index (χ2v) is 4.28. The fraction of sp³-hybridized carbons (Fsp3) is 0.538. The van der Waals surface area contributed by atoms with Crippen LogP contribution < -0.4 is 10.1 Å². The van der Waals surface area contributed by atoms with Gasteiger partial charge in [0.15, 0.2) is 0 Å². The van der Waals surface area contributed by atoms with Gasteiger partial charge in [-0.15, -0.1) is 0 Å². The molecule has 0 bridgehead atoms. The molecule has 5 nitrogen and oxygen atoms in total. The summed E-state index contributed by atoms with van der Waals surface area (Å²) < 4.78 is 10.6. The number of aromatic nitrogens is 1. The molecule has 1 aliphatic rings. The summed E-state index contributed by atoms with van der Waals surface area (Å²) in [6.07, 6.45) is 5.26. The van der Waals surface area contributed by atoms with Gasteiger partial charge in [-0.1, -0.05) is 0 Å². The molecule has 0 aliphatic carbocycles. The Morgan fingerprint density at radius 1 is 1.67 bits per heavy atom. The first kappa shape index (κ1) is 12.8. The molecule has 2 rings (SSSR count). The lowest BCUT2D eigenvalue weighted by molar-refractivity contribution is -0.116. The van der Waals surface area contributed by atoms with Crippen molar-refractivity contribution >= 4 is 11.6 Å². The second kappa shape index (κ2) is 6.35. The minimum Gasteiger partial charge on any atom is -0.480 e. The van der Waals surface area contributed by atoms with Crippen LogP contribution in [-0.4, -0.2) is 30.7 Å². The number of nitrogens with one attached hydrogen (secondary N) is 1. The molecule has 0 radical (unpaired) electrons. The molecular weight excluding hydrogens is 232 g/mol. The Bertz CT molecular complexity index is 403. The molecule has 5 heteroatoms. The van der Waals surface area contributed by atoms with Crippen molar-refractivity contribution in [3.8, 4) is 5.88 Å². The van der Waals surface area contributed by atoms with Crippen molar-refractivity contribution in [2.75, 3.05) is 19.0 Å². The summed E-state index contributed by atoms with van der Waals surface area (Å²) >= 11 is 0. The molecule has 18 heavy (non-hydrogen) atoms. The van der Waals surface area contributed by atoms with E-state index in [-0.39, 0.29) is 12.0 Å². The first-order chi connectivity index (χ1) is 8.79. The van der Waals surface area contributed by atoms with Crippen LogP contribution in [0, 0.1) is 0 Å². The zero-order valence-electron chi connectivity index (χ0n) is 10.5. The van der Waals surface area contributed by atoms with Gasteiger partial charge < -0.3 is 14.8 Å². The summed E-state index contributed by atoms with van der Waals surface area (Å²) in [7, 11) is 1.53. The van der Waals surface area contributed by atoms with Crippen molar-refractivity contribution in [3.05, 3.63) is 18.3 Å². The largest absolute Gasteiger partial charge is 0.480 e. The Balaban J connectivity index is 1.82. The van der Waals surface area contributed by atoms with Crippen molar-refractivity contribution in [2.45, 2.75) is 31.8 Å². The monoisotopic (exact) mass is 250 g/mol. The van der Waals surface area contributed by atoms with E-state index in [1.807, 2.05) is 0 Å². The maximum absolute atomic E-state index is 11.8. The molecule has 2 heterocycles. The highest BCUT2D eigenvalue weighted by Gasteiger charge is 2.17. The standard InChI is InChI=1S/C13H18N2O3/c1-17-13-11(5-2-8-14-13)15-12(16)7-6-10-4-3-9-18-10/h2,5,8,10H,3-4,6-7,9H2,1H3,(H,15,16)/t10-/m0/s1. The smallest absolute Gasteiger partial charge is 0.237 e. The lowest BCUT2D eigenvalue weighted by Crippen LogP contribution is -2.15. The predicted octanol–water partition coefficient (Wildman–Crippen LogP) is 1.99. The maximum atomic E-state index is 11.8. The summed E-state index contributed by atoms with van der Waals surface area (Å²) in [5.74, 6) is 0.403. The van der Waals surface area contributed by atoms with Crippen LogP contribution in [0.5, 0.6) is 5.88 Å². The Hall–Kier alpha value is -1.62. The minimum atomic E-state index is -0.0307. The number of hydrogen-bond donors (Lipinski definition) is 1. The van der Waals surface area contributed by atoms with Crippen LogP contribution in [0.4, 0.5) is 5.69 Å². The van der Waals surface area contributed by atoms with Gasteiger partial charge in [0.05, 0.1) is 13.2 Å². The highest BCUT2D eigenvalue weighted by molar-refractivity contribution is 5.91. The average Bonchev–Trinajstić information content (AvgIpc) is 2.90. The van der Waals surface area contributed by atoms with E-state index in [0.717, 1.165) is 25.9 Å². The lowest BCUT2D eigenvalue weighted by Gasteiger charge is -2.10. The summed E-state index contributed by atoms with van der Waals surface area (Å²) in [5.41, 5.74) is 0.609. The molecule has 0 unspecified atom stereocenters. The van der Waals surface area contributed by atoms with Crippen molar-refractivity contribution in [3.63, 3.8) is 0 Å². The molecule has 1 aliphatic heterocycles. The number of amides is 1. The Kier molecular flexibility index (Phi) is 4.52. The highest BCUT2D eigenvalue weighted by Crippen LogP contribution is 2.21. The SMILES string of the molecule is COc1ncccc1NC(=O)CC[C@@H]1CCCO1. The van der Waals surface area contributed by atoms with Crippen LogP contribution in [0.2, 0.25) is 0 Å². The Labute approximate surface area is 107 Å². The molecule has 1 saturated heterocycles. The normalized spacial score (nSPS) is 18.6. The third kappa shape index (κ3) is 3.43. The van der Waals surface area contributed by atoms with E-state index in [4.69, 9.17) is 9.47 Å². The Morgan fingerprint density at radius 2 is 2.56 bits per heavy atom. The highest BCUT2D eigenvalue weighted by atomic mass is 16.5. The van der Waals surface area contributed by atoms with E-state index in [1.54, 1.807) is 18.3 Å². The summed E-state index contributed by atoms with van der Waals surface area (Å²) in [6, 6.07) is 3.54. The van der Waals surface area contributed by atoms with Gasteiger partial charge in [-0.3, -0.25) is 4.79 Å². The van der Waals surface area contributed by atoms with Gasteiger partial charge in [0.25, 0.3) is 0 Å². The molecule has 0 saturated carbocycles. The van der Waals surface area contributed by atoms with Crippen molar-refractivity contribution < 1.29 is 14.3 Å². The molecule has 1 N–H and O–H groups in total. The van der Waals surface area contributed by atoms with E-state index in [0.29, 0.717) is 18.0 Å². The predicted molar refractivity (Wildman–Crippen MR) is 67.6 cm³/mol. The first-order valence-electron chi connectivity index (χ1n) is 6.20. The van der Waals surface area contributed by atoms with Crippen molar-refractivity contribution in [1.82, 2.24) is 4.98 Å². The number of rotatable bonds is 5. The number of ether oxygens (including phenoxy) is 2. The second-order valence-electron chi connectivity index (χ2n) is 4.28. The molecule has 1 amide bonds. The number of carbonyl (C=O) groups is 1. The van der Waals surface area contributed by atoms with Gasteiger partial charge in [-0.05, 0) is 31.4 Å². The summed E-state index contributed by atoms with van der Waals surface area (Å²) in [4.78, 5) is 15.8. The topological polar surface area (TPSA) is 60.5 Å². The molecule has 1 aromatic heterocycles. The summed E-state index contributed by atoms with van der Waals surface area (Å²) in [5, 5.41) is 2.80. The van der Waals surface area contributed by atoms with Crippen molar-refractivity contribution in [2.24, 2.45) is 0 Å². The number of anilines is 1. The van der Waals surface area contributed by atoms with Gasteiger partial charge in [0.2, 0.25) is 11.8 Å². The third-order valence-electron chi connectivity index (χ3n) is 2.96. The van der Waals surface area contributed by atoms with Gasteiger partial charge in [0.1, 0.15) is 5.69 Å². The molecule has 0 spiro atoms. The maximum Gasteiger partial charge on any atom is 0.237 e. The quantitative estimate of drug-likeness (QED) is 0.868. The van der Waals surface area contributed by atoms with Gasteiger partial charge in [-0.2, -0.15) is 0 Å². The molecule has 1 fully saturated rings. The van der Waals surface area contributed by atoms with Gasteiger partial charge >= 0.3 is 0 Å². The molecular formula is C13H18N2O3. The zero-order valence-corrected chi connectivity index (χ0v) is 10.5. The third-order valence-corrected chi connectivity index (χ3v) is 2.96. The summed E-state index contributed by atoms with van der Waals surface area (Å²) in [6.45, 7) is 0.822. The average molecular weight is 250 g/mol. The van der Waals surface area contributed by atoms with E-state index in [2.05, 4.69) is 10.3 Å². The zero-order chi connectivity index (χ0) is 12.8. The molecule has 0 aromatic carbocycles. The van der Waals surface area contributed by atoms with Gasteiger partial charge in [0, 0.05) is 19.2 Å². The Morgan fingerprint density at radius 3 is 3.28 bits per heavy atom. The first-order valence-corrected chi connectivity index (χ1v) is 6.20. The fourth-order valence-electron chi connectivity index (χ4n) is 2.03. The van der Waals surface area contributed by atoms with Crippen LogP contribution in [0.3, 0.4) is 0 Å². The van der Waals surface area contributed by atoms with E-state index in [1.165, 1.54) is 7.11 Å². The molecule has 98 valence electrons.